The van der Waals surface area contributed by atoms with Crippen LogP contribution in [0.2, 0.25) is 0 Å². The summed E-state index contributed by atoms with van der Waals surface area (Å²) in [6, 6.07) is 0. The van der Waals surface area contributed by atoms with E-state index in [1.165, 1.54) is 0 Å². The van der Waals surface area contributed by atoms with Crippen LogP contribution in [0.1, 0.15) is 19.3 Å². The second kappa shape index (κ2) is 7.61. The zero-order chi connectivity index (χ0) is 14.4. The van der Waals surface area contributed by atoms with Gasteiger partial charge in [-0.3, -0.25) is 4.79 Å². The van der Waals surface area contributed by atoms with E-state index >= 15 is 0 Å². The van der Waals surface area contributed by atoms with Crippen LogP contribution in [0.3, 0.4) is 0 Å². The van der Waals surface area contributed by atoms with Crippen LogP contribution >= 0.6 is 11.6 Å². The van der Waals surface area contributed by atoms with Crippen molar-refractivity contribution in [1.82, 2.24) is 15.5 Å². The Kier molecular flexibility index (Phi) is 5.82. The van der Waals surface area contributed by atoms with Crippen LogP contribution in [0, 0.1) is 5.41 Å². The van der Waals surface area contributed by atoms with E-state index in [-0.39, 0.29) is 17.2 Å². The summed E-state index contributed by atoms with van der Waals surface area (Å²) in [5, 5.41) is 13.6. The minimum Gasteiger partial charge on any atom is -0.366 e. The van der Waals surface area contributed by atoms with Gasteiger partial charge in [0, 0.05) is 39.0 Å². The second-order valence-electron chi connectivity index (χ2n) is 4.91. The maximum absolute atomic E-state index is 12.1. The van der Waals surface area contributed by atoms with Crippen LogP contribution < -0.4 is 10.6 Å². The first-order valence-corrected chi connectivity index (χ1v) is 7.38. The molecule has 6 nitrogen and oxygen atoms in total. The lowest BCUT2D eigenvalue weighted by molar-refractivity contribution is -0.122. The molecule has 1 unspecified atom stereocenters. The molecule has 2 saturated heterocycles. The number of ether oxygens (including phenoxy) is 1. The highest BCUT2D eigenvalue weighted by Crippen LogP contribution is 2.16. The van der Waals surface area contributed by atoms with Gasteiger partial charge in [0.25, 0.3) is 5.91 Å². The van der Waals surface area contributed by atoms with Crippen molar-refractivity contribution in [3.05, 3.63) is 10.7 Å². The zero-order valence-corrected chi connectivity index (χ0v) is 12.2. The number of allylic oxidation sites excluding steroid dienone is 1. The number of carbonyl (C=O) groups is 1. The third kappa shape index (κ3) is 3.94. The van der Waals surface area contributed by atoms with Crippen molar-refractivity contribution in [2.24, 2.45) is 0 Å². The lowest BCUT2D eigenvalue weighted by Crippen LogP contribution is -2.44. The predicted octanol–water partition coefficient (Wildman–Crippen LogP) is 0.634. The van der Waals surface area contributed by atoms with Crippen LogP contribution in [0.15, 0.2) is 10.7 Å². The van der Waals surface area contributed by atoms with E-state index in [0.717, 1.165) is 51.7 Å². The summed E-state index contributed by atoms with van der Waals surface area (Å²) in [6.07, 6.45) is 3.77. The Morgan fingerprint density at radius 3 is 2.75 bits per heavy atom. The monoisotopic (exact) mass is 300 g/mol. The van der Waals surface area contributed by atoms with E-state index in [0.29, 0.717) is 12.3 Å². The summed E-state index contributed by atoms with van der Waals surface area (Å²) in [5.74, 6) is -0.365. The SMILES string of the molecule is N=C/C(=C(/Cl)C(=O)NC1CCCCO1)N1CCNCC1. The molecule has 0 radical (unpaired) electrons. The van der Waals surface area contributed by atoms with Gasteiger partial charge in [-0.05, 0) is 19.3 Å². The fourth-order valence-electron chi connectivity index (χ4n) is 2.38. The molecule has 3 N–H and O–H groups in total. The van der Waals surface area contributed by atoms with Crippen molar-refractivity contribution in [3.8, 4) is 0 Å². The molecule has 0 aromatic carbocycles. The summed E-state index contributed by atoms with van der Waals surface area (Å²) in [5.41, 5.74) is 0.474. The molecule has 2 aliphatic rings. The van der Waals surface area contributed by atoms with Crippen LogP contribution in [0.5, 0.6) is 0 Å². The van der Waals surface area contributed by atoms with Gasteiger partial charge >= 0.3 is 0 Å². The Labute approximate surface area is 124 Å². The number of rotatable bonds is 4. The molecule has 2 fully saturated rings. The maximum atomic E-state index is 12.1. The normalized spacial score (nSPS) is 24.9. The number of hydrogen-bond acceptors (Lipinski definition) is 5. The standard InChI is InChI=1S/C13H21ClN4O2/c14-12(10(9-15)18-6-4-16-5-7-18)13(19)17-11-3-1-2-8-20-11/h9,11,15-16H,1-8H2,(H,17,19)/b12-10-,15-9?. The number of piperazine rings is 1. The van der Waals surface area contributed by atoms with Gasteiger partial charge in [0.2, 0.25) is 0 Å². The molecule has 2 heterocycles. The van der Waals surface area contributed by atoms with Gasteiger partial charge in [0.15, 0.2) is 0 Å². The average Bonchev–Trinajstić information content (AvgIpc) is 2.50. The van der Waals surface area contributed by atoms with Crippen LogP contribution in [0.4, 0.5) is 0 Å². The van der Waals surface area contributed by atoms with Crippen molar-refractivity contribution >= 4 is 23.7 Å². The molecule has 1 atom stereocenters. The molecule has 2 rings (SSSR count). The fraction of sp³-hybridized carbons (Fsp3) is 0.692. The topological polar surface area (TPSA) is 77.5 Å². The minimum atomic E-state index is -0.365. The molecule has 1 amide bonds. The summed E-state index contributed by atoms with van der Waals surface area (Å²) < 4.78 is 5.46. The highest BCUT2D eigenvalue weighted by Gasteiger charge is 2.22. The molecular weight excluding hydrogens is 280 g/mol. The fourth-order valence-corrected chi connectivity index (χ4v) is 2.61. The van der Waals surface area contributed by atoms with Crippen LogP contribution in [-0.4, -0.2) is 56.0 Å². The number of nitrogens with one attached hydrogen (secondary N) is 3. The first kappa shape index (κ1) is 15.3. The molecule has 0 aliphatic carbocycles. The smallest absolute Gasteiger partial charge is 0.266 e. The Morgan fingerprint density at radius 2 is 2.15 bits per heavy atom. The quantitative estimate of drug-likeness (QED) is 0.526. The number of halogens is 1. The van der Waals surface area contributed by atoms with Crippen molar-refractivity contribution in [2.45, 2.75) is 25.5 Å². The first-order valence-electron chi connectivity index (χ1n) is 7.00. The summed E-state index contributed by atoms with van der Waals surface area (Å²) in [7, 11) is 0. The number of carbonyl (C=O) groups excluding carboxylic acids is 1. The molecule has 0 bridgehead atoms. The van der Waals surface area contributed by atoms with Gasteiger partial charge in [0.1, 0.15) is 11.3 Å². The second-order valence-corrected chi connectivity index (χ2v) is 5.29. The number of hydrogen-bond donors (Lipinski definition) is 3. The van der Waals surface area contributed by atoms with Crippen molar-refractivity contribution in [2.75, 3.05) is 32.8 Å². The van der Waals surface area contributed by atoms with Gasteiger partial charge in [-0.2, -0.15) is 0 Å². The van der Waals surface area contributed by atoms with Gasteiger partial charge < -0.3 is 25.7 Å². The largest absolute Gasteiger partial charge is 0.366 e. The summed E-state index contributed by atoms with van der Waals surface area (Å²) in [4.78, 5) is 14.1. The van der Waals surface area contributed by atoms with E-state index in [9.17, 15) is 4.79 Å². The van der Waals surface area contributed by atoms with Crippen LogP contribution in [0.25, 0.3) is 0 Å². The zero-order valence-electron chi connectivity index (χ0n) is 11.5. The van der Waals surface area contributed by atoms with Crippen molar-refractivity contribution in [3.63, 3.8) is 0 Å². The Hall–Kier alpha value is -1.11. The molecule has 0 aromatic rings. The molecule has 7 heteroatoms. The lowest BCUT2D eigenvalue weighted by atomic mass is 10.2. The van der Waals surface area contributed by atoms with Gasteiger partial charge in [-0.1, -0.05) is 11.6 Å². The Bertz CT molecular complexity index is 388. The molecule has 112 valence electrons. The van der Waals surface area contributed by atoms with E-state index in [1.807, 2.05) is 4.90 Å². The van der Waals surface area contributed by atoms with Gasteiger partial charge in [-0.25, -0.2) is 0 Å². The van der Waals surface area contributed by atoms with Crippen molar-refractivity contribution < 1.29 is 9.53 Å². The highest BCUT2D eigenvalue weighted by molar-refractivity contribution is 6.43. The maximum Gasteiger partial charge on any atom is 0.266 e. The predicted molar refractivity (Wildman–Crippen MR) is 77.8 cm³/mol. The third-order valence-corrected chi connectivity index (χ3v) is 3.86. The van der Waals surface area contributed by atoms with E-state index < -0.39 is 0 Å². The highest BCUT2D eigenvalue weighted by atomic mass is 35.5. The molecule has 20 heavy (non-hydrogen) atoms. The van der Waals surface area contributed by atoms with E-state index in [1.54, 1.807) is 0 Å². The average molecular weight is 301 g/mol. The third-order valence-electron chi connectivity index (χ3n) is 3.49. The number of amides is 1. The number of nitrogens with zero attached hydrogens (tertiary/aromatic N) is 1. The summed E-state index contributed by atoms with van der Waals surface area (Å²) >= 11 is 6.15. The molecular formula is C13H21ClN4O2. The minimum absolute atomic E-state index is 0.0658. The van der Waals surface area contributed by atoms with Gasteiger partial charge in [0.05, 0.1) is 5.70 Å². The van der Waals surface area contributed by atoms with E-state index in [4.69, 9.17) is 21.7 Å². The van der Waals surface area contributed by atoms with Crippen molar-refractivity contribution in [1.29, 1.82) is 5.41 Å². The first-order chi connectivity index (χ1) is 9.72. The van der Waals surface area contributed by atoms with Crippen LogP contribution in [-0.2, 0) is 9.53 Å². The van der Waals surface area contributed by atoms with E-state index in [2.05, 4.69) is 10.6 Å². The van der Waals surface area contributed by atoms with Gasteiger partial charge in [-0.15, -0.1) is 0 Å². The molecule has 0 aromatic heterocycles. The summed E-state index contributed by atoms with van der Waals surface area (Å²) in [6.45, 7) is 3.81. The Balaban J connectivity index is 2.00. The lowest BCUT2D eigenvalue weighted by Gasteiger charge is -2.30. The molecule has 0 spiro atoms. The molecule has 0 saturated carbocycles. The Morgan fingerprint density at radius 1 is 1.40 bits per heavy atom. The molecule has 2 aliphatic heterocycles.